The number of nitrogens with one attached hydrogen (secondary N) is 2. The molecule has 1 atom stereocenters. The first-order valence-electron chi connectivity index (χ1n) is 7.80. The molecule has 1 amide bonds. The number of para-hydroxylation sites is 1. The van der Waals surface area contributed by atoms with Crippen molar-refractivity contribution in [3.63, 3.8) is 0 Å². The van der Waals surface area contributed by atoms with Crippen molar-refractivity contribution in [1.29, 1.82) is 0 Å². The first-order valence-corrected chi connectivity index (χ1v) is 7.80. The molecular formula is C17H24N4O2. The van der Waals surface area contributed by atoms with E-state index in [0.29, 0.717) is 13.2 Å². The van der Waals surface area contributed by atoms with E-state index in [4.69, 9.17) is 4.74 Å². The van der Waals surface area contributed by atoms with Crippen LogP contribution in [0.5, 0.6) is 5.75 Å². The van der Waals surface area contributed by atoms with E-state index in [9.17, 15) is 4.79 Å². The van der Waals surface area contributed by atoms with E-state index in [2.05, 4.69) is 15.7 Å². The van der Waals surface area contributed by atoms with Crippen LogP contribution in [0, 0.1) is 6.92 Å². The van der Waals surface area contributed by atoms with Crippen LogP contribution in [0.15, 0.2) is 42.7 Å². The third kappa shape index (κ3) is 6.52. The molecule has 0 unspecified atom stereocenters. The summed E-state index contributed by atoms with van der Waals surface area (Å²) in [7, 11) is 0. The van der Waals surface area contributed by atoms with Crippen molar-refractivity contribution in [3.05, 3.63) is 48.3 Å². The Hall–Kier alpha value is -2.34. The molecule has 0 bridgehead atoms. The Kier molecular flexibility index (Phi) is 6.62. The Bertz CT molecular complexity index is 598. The minimum atomic E-state index is -0.0369. The van der Waals surface area contributed by atoms with Crippen LogP contribution in [-0.2, 0) is 11.3 Å². The topological polar surface area (TPSA) is 68.2 Å². The van der Waals surface area contributed by atoms with Gasteiger partial charge >= 0.3 is 0 Å². The van der Waals surface area contributed by atoms with Crippen LogP contribution in [0.25, 0.3) is 0 Å². The molecule has 0 fully saturated rings. The highest BCUT2D eigenvalue weighted by atomic mass is 16.5. The zero-order valence-corrected chi connectivity index (χ0v) is 13.7. The number of carbonyl (C=O) groups is 1. The number of ether oxygens (including phenoxy) is 1. The minimum Gasteiger partial charge on any atom is -0.492 e. The van der Waals surface area contributed by atoms with Gasteiger partial charge < -0.3 is 15.4 Å². The quantitative estimate of drug-likeness (QED) is 0.686. The third-order valence-electron chi connectivity index (χ3n) is 3.27. The van der Waals surface area contributed by atoms with E-state index >= 15 is 0 Å². The summed E-state index contributed by atoms with van der Waals surface area (Å²) in [6, 6.07) is 9.72. The van der Waals surface area contributed by atoms with Gasteiger partial charge in [-0.2, -0.15) is 5.10 Å². The first kappa shape index (κ1) is 17.0. The maximum absolute atomic E-state index is 11.8. The first-order chi connectivity index (χ1) is 11.1. The SMILES string of the molecule is Cc1cnn(C[C@@H](C)NCC(=O)NCCOc2ccccc2)c1. The van der Waals surface area contributed by atoms with Crippen molar-refractivity contribution in [2.75, 3.05) is 19.7 Å². The Balaban J connectivity index is 1.56. The number of aryl methyl sites for hydroxylation is 1. The van der Waals surface area contributed by atoms with Crippen LogP contribution in [-0.4, -0.2) is 41.4 Å². The van der Waals surface area contributed by atoms with E-state index < -0.39 is 0 Å². The number of carbonyl (C=O) groups excluding carboxylic acids is 1. The van der Waals surface area contributed by atoms with Gasteiger partial charge in [0.2, 0.25) is 5.91 Å². The number of aromatic nitrogens is 2. The van der Waals surface area contributed by atoms with Gasteiger partial charge in [0.1, 0.15) is 12.4 Å². The van der Waals surface area contributed by atoms with Gasteiger partial charge in [0.05, 0.1) is 25.8 Å². The Morgan fingerprint density at radius 3 is 2.83 bits per heavy atom. The average molecular weight is 316 g/mol. The lowest BCUT2D eigenvalue weighted by Crippen LogP contribution is -2.40. The maximum atomic E-state index is 11.8. The summed E-state index contributed by atoms with van der Waals surface area (Å²) in [6.45, 7) is 6.00. The van der Waals surface area contributed by atoms with E-state index in [1.807, 2.05) is 61.3 Å². The Morgan fingerprint density at radius 1 is 1.35 bits per heavy atom. The Labute approximate surface area is 136 Å². The van der Waals surface area contributed by atoms with Crippen LogP contribution in [0.3, 0.4) is 0 Å². The molecule has 0 aliphatic carbocycles. The van der Waals surface area contributed by atoms with Crippen molar-refractivity contribution < 1.29 is 9.53 Å². The number of hydrogen-bond donors (Lipinski definition) is 2. The van der Waals surface area contributed by atoms with Gasteiger partial charge in [-0.25, -0.2) is 0 Å². The summed E-state index contributed by atoms with van der Waals surface area (Å²) in [4.78, 5) is 11.8. The molecule has 2 rings (SSSR count). The van der Waals surface area contributed by atoms with Crippen molar-refractivity contribution in [2.45, 2.75) is 26.4 Å². The van der Waals surface area contributed by atoms with Crippen molar-refractivity contribution in [2.24, 2.45) is 0 Å². The van der Waals surface area contributed by atoms with Crippen LogP contribution in [0.4, 0.5) is 0 Å². The highest BCUT2D eigenvalue weighted by Crippen LogP contribution is 2.07. The van der Waals surface area contributed by atoms with Gasteiger partial charge in [-0.3, -0.25) is 9.48 Å². The van der Waals surface area contributed by atoms with E-state index in [1.165, 1.54) is 0 Å². The Morgan fingerprint density at radius 2 is 2.13 bits per heavy atom. The maximum Gasteiger partial charge on any atom is 0.234 e. The van der Waals surface area contributed by atoms with Crippen LogP contribution >= 0.6 is 0 Å². The number of rotatable bonds is 9. The zero-order valence-electron chi connectivity index (χ0n) is 13.7. The van der Waals surface area contributed by atoms with E-state index in [-0.39, 0.29) is 18.5 Å². The molecule has 1 aromatic carbocycles. The van der Waals surface area contributed by atoms with Crippen LogP contribution < -0.4 is 15.4 Å². The molecular weight excluding hydrogens is 292 g/mol. The summed E-state index contributed by atoms with van der Waals surface area (Å²) in [6.07, 6.45) is 3.81. The molecule has 124 valence electrons. The second kappa shape index (κ2) is 8.95. The highest BCUT2D eigenvalue weighted by Gasteiger charge is 2.06. The molecule has 2 aromatic rings. The lowest BCUT2D eigenvalue weighted by atomic mass is 10.3. The summed E-state index contributed by atoms with van der Waals surface area (Å²) in [5.41, 5.74) is 1.13. The molecule has 6 heteroatoms. The standard InChI is InChI=1S/C17H24N4O2/c1-14-10-20-21(12-14)13-15(2)19-11-17(22)18-8-9-23-16-6-4-3-5-7-16/h3-7,10,12,15,19H,8-9,11,13H2,1-2H3,(H,18,22)/t15-/m1/s1. The number of benzene rings is 1. The molecule has 0 aliphatic rings. The van der Waals surface area contributed by atoms with Crippen molar-refractivity contribution in [3.8, 4) is 5.75 Å². The minimum absolute atomic E-state index is 0.0369. The van der Waals surface area contributed by atoms with Gasteiger partial charge in [-0.1, -0.05) is 18.2 Å². The van der Waals surface area contributed by atoms with E-state index in [1.54, 1.807) is 0 Å². The number of amides is 1. The fraction of sp³-hybridized carbons (Fsp3) is 0.412. The zero-order chi connectivity index (χ0) is 16.5. The second-order valence-electron chi connectivity index (χ2n) is 5.53. The molecule has 2 N–H and O–H groups in total. The molecule has 1 heterocycles. The van der Waals surface area contributed by atoms with E-state index in [0.717, 1.165) is 17.9 Å². The van der Waals surface area contributed by atoms with Gasteiger partial charge in [-0.05, 0) is 31.5 Å². The molecule has 23 heavy (non-hydrogen) atoms. The van der Waals surface area contributed by atoms with Crippen LogP contribution in [0.1, 0.15) is 12.5 Å². The fourth-order valence-corrected chi connectivity index (χ4v) is 2.12. The van der Waals surface area contributed by atoms with Gasteiger partial charge in [0.25, 0.3) is 0 Å². The normalized spacial score (nSPS) is 11.9. The monoisotopic (exact) mass is 316 g/mol. The average Bonchev–Trinajstić information content (AvgIpc) is 2.95. The fourth-order valence-electron chi connectivity index (χ4n) is 2.12. The highest BCUT2D eigenvalue weighted by molar-refractivity contribution is 5.77. The molecule has 0 saturated carbocycles. The summed E-state index contributed by atoms with van der Waals surface area (Å²) < 4.78 is 7.39. The van der Waals surface area contributed by atoms with Gasteiger partial charge in [0.15, 0.2) is 0 Å². The predicted molar refractivity (Wildman–Crippen MR) is 89.4 cm³/mol. The summed E-state index contributed by atoms with van der Waals surface area (Å²) >= 11 is 0. The van der Waals surface area contributed by atoms with Gasteiger partial charge in [0, 0.05) is 12.2 Å². The number of hydrogen-bond acceptors (Lipinski definition) is 4. The number of nitrogens with zero attached hydrogens (tertiary/aromatic N) is 2. The lowest BCUT2D eigenvalue weighted by molar-refractivity contribution is -0.120. The summed E-state index contributed by atoms with van der Waals surface area (Å²) in [5.74, 6) is 0.771. The molecule has 6 nitrogen and oxygen atoms in total. The molecule has 0 radical (unpaired) electrons. The van der Waals surface area contributed by atoms with Crippen LogP contribution in [0.2, 0.25) is 0 Å². The lowest BCUT2D eigenvalue weighted by Gasteiger charge is -2.14. The van der Waals surface area contributed by atoms with Crippen molar-refractivity contribution >= 4 is 5.91 Å². The van der Waals surface area contributed by atoms with Gasteiger partial charge in [-0.15, -0.1) is 0 Å². The molecule has 1 aromatic heterocycles. The predicted octanol–water partition coefficient (Wildman–Crippen LogP) is 1.36. The molecule has 0 aliphatic heterocycles. The van der Waals surface area contributed by atoms with Crippen molar-refractivity contribution in [1.82, 2.24) is 20.4 Å². The third-order valence-corrected chi connectivity index (χ3v) is 3.27. The molecule has 0 saturated heterocycles. The molecule has 0 spiro atoms. The summed E-state index contributed by atoms with van der Waals surface area (Å²) in [5, 5.41) is 10.2. The second-order valence-corrected chi connectivity index (χ2v) is 5.53. The smallest absolute Gasteiger partial charge is 0.234 e. The largest absolute Gasteiger partial charge is 0.492 e.